The van der Waals surface area contributed by atoms with Gasteiger partial charge in [0.05, 0.1) is 13.2 Å². The number of nitrogens with one attached hydrogen (secondary N) is 1. The van der Waals surface area contributed by atoms with Crippen LogP contribution in [-0.2, 0) is 4.79 Å². The number of pyridine rings is 1. The third-order valence-electron chi connectivity index (χ3n) is 2.92. The second kappa shape index (κ2) is 8.67. The van der Waals surface area contributed by atoms with Gasteiger partial charge >= 0.3 is 0 Å². The Labute approximate surface area is 130 Å². The van der Waals surface area contributed by atoms with Gasteiger partial charge < -0.3 is 14.8 Å². The van der Waals surface area contributed by atoms with E-state index in [0.29, 0.717) is 31.8 Å². The van der Waals surface area contributed by atoms with Crippen molar-refractivity contribution in [2.45, 2.75) is 19.8 Å². The van der Waals surface area contributed by atoms with Crippen molar-refractivity contribution >= 4 is 11.6 Å². The number of aromatic nitrogens is 1. The molecular weight excluding hydrogens is 280 g/mol. The number of carbonyl (C=O) groups is 1. The highest BCUT2D eigenvalue weighted by Gasteiger charge is 2.05. The van der Waals surface area contributed by atoms with Crippen molar-refractivity contribution in [1.29, 1.82) is 0 Å². The molecule has 0 spiro atoms. The van der Waals surface area contributed by atoms with Gasteiger partial charge in [0.1, 0.15) is 0 Å². The maximum atomic E-state index is 11.8. The molecule has 0 aliphatic heterocycles. The molecule has 0 aliphatic rings. The Kier molecular flexibility index (Phi) is 6.23. The molecule has 1 aromatic heterocycles. The summed E-state index contributed by atoms with van der Waals surface area (Å²) in [6, 6.07) is 11.0. The van der Waals surface area contributed by atoms with Crippen molar-refractivity contribution in [2.24, 2.45) is 0 Å². The van der Waals surface area contributed by atoms with Crippen molar-refractivity contribution in [2.75, 3.05) is 18.5 Å². The van der Waals surface area contributed by atoms with Crippen molar-refractivity contribution < 1.29 is 14.3 Å². The lowest BCUT2D eigenvalue weighted by atomic mass is 10.3. The van der Waals surface area contributed by atoms with Crippen LogP contribution in [0.15, 0.2) is 48.8 Å². The van der Waals surface area contributed by atoms with Crippen LogP contribution in [0.25, 0.3) is 0 Å². The van der Waals surface area contributed by atoms with Gasteiger partial charge in [-0.05, 0) is 37.6 Å². The number of para-hydroxylation sites is 2. The summed E-state index contributed by atoms with van der Waals surface area (Å²) in [4.78, 5) is 15.7. The van der Waals surface area contributed by atoms with Gasteiger partial charge in [0, 0.05) is 24.5 Å². The van der Waals surface area contributed by atoms with Crippen LogP contribution in [0.3, 0.4) is 0 Å². The van der Waals surface area contributed by atoms with Crippen LogP contribution in [0.5, 0.6) is 11.5 Å². The molecule has 5 nitrogen and oxygen atoms in total. The summed E-state index contributed by atoms with van der Waals surface area (Å²) in [6.07, 6.45) is 4.32. The predicted molar refractivity (Wildman–Crippen MR) is 85.2 cm³/mol. The van der Waals surface area contributed by atoms with Gasteiger partial charge in [-0.15, -0.1) is 0 Å². The van der Waals surface area contributed by atoms with E-state index >= 15 is 0 Å². The Balaban J connectivity index is 1.72. The first kappa shape index (κ1) is 15.8. The topological polar surface area (TPSA) is 60.5 Å². The van der Waals surface area contributed by atoms with Crippen molar-refractivity contribution in [3.63, 3.8) is 0 Å². The molecule has 0 saturated carbocycles. The van der Waals surface area contributed by atoms with E-state index in [2.05, 4.69) is 10.3 Å². The van der Waals surface area contributed by atoms with E-state index in [-0.39, 0.29) is 5.91 Å². The largest absolute Gasteiger partial charge is 0.490 e. The molecule has 2 rings (SSSR count). The molecule has 0 aliphatic carbocycles. The highest BCUT2D eigenvalue weighted by molar-refractivity contribution is 5.90. The number of carbonyl (C=O) groups excluding carboxylic acids is 1. The molecule has 0 fully saturated rings. The first-order valence-electron chi connectivity index (χ1n) is 7.34. The zero-order chi connectivity index (χ0) is 15.6. The van der Waals surface area contributed by atoms with Gasteiger partial charge in [-0.1, -0.05) is 12.1 Å². The van der Waals surface area contributed by atoms with Crippen LogP contribution in [0.2, 0.25) is 0 Å². The monoisotopic (exact) mass is 300 g/mol. The molecule has 0 radical (unpaired) electrons. The minimum Gasteiger partial charge on any atom is -0.490 e. The average Bonchev–Trinajstić information content (AvgIpc) is 2.54. The SMILES string of the molecule is CCOc1ccccc1OCCCC(=O)Nc1ccncc1. The fraction of sp³-hybridized carbons (Fsp3) is 0.294. The van der Waals surface area contributed by atoms with E-state index in [9.17, 15) is 4.79 Å². The number of benzene rings is 1. The maximum absolute atomic E-state index is 11.8. The number of nitrogens with zero attached hydrogens (tertiary/aromatic N) is 1. The van der Waals surface area contributed by atoms with E-state index in [0.717, 1.165) is 11.4 Å². The zero-order valence-electron chi connectivity index (χ0n) is 12.6. The first-order valence-corrected chi connectivity index (χ1v) is 7.34. The standard InChI is InChI=1S/C17H20N2O3/c1-2-21-15-6-3-4-7-16(15)22-13-5-8-17(20)19-14-9-11-18-12-10-14/h3-4,6-7,9-12H,2,5,8,13H2,1H3,(H,18,19,20). The summed E-state index contributed by atoms with van der Waals surface area (Å²) < 4.78 is 11.2. The summed E-state index contributed by atoms with van der Waals surface area (Å²) in [7, 11) is 0. The van der Waals surface area contributed by atoms with Gasteiger partial charge in [-0.25, -0.2) is 0 Å². The fourth-order valence-electron chi connectivity index (χ4n) is 1.92. The first-order chi connectivity index (χ1) is 10.8. The normalized spacial score (nSPS) is 10.0. The molecule has 0 atom stereocenters. The minimum atomic E-state index is -0.0344. The number of amides is 1. The number of hydrogen-bond donors (Lipinski definition) is 1. The lowest BCUT2D eigenvalue weighted by Gasteiger charge is -2.11. The van der Waals surface area contributed by atoms with E-state index in [1.165, 1.54) is 0 Å². The molecule has 0 unspecified atom stereocenters. The Morgan fingerprint density at radius 1 is 1.09 bits per heavy atom. The molecular formula is C17H20N2O3. The average molecular weight is 300 g/mol. The van der Waals surface area contributed by atoms with Gasteiger partial charge in [-0.3, -0.25) is 9.78 Å². The molecule has 1 N–H and O–H groups in total. The van der Waals surface area contributed by atoms with E-state index in [1.54, 1.807) is 24.5 Å². The quantitative estimate of drug-likeness (QED) is 0.760. The number of anilines is 1. The lowest BCUT2D eigenvalue weighted by Crippen LogP contribution is -2.12. The van der Waals surface area contributed by atoms with Gasteiger partial charge in [-0.2, -0.15) is 0 Å². The van der Waals surface area contributed by atoms with Crippen LogP contribution >= 0.6 is 0 Å². The van der Waals surface area contributed by atoms with Crippen LogP contribution in [0.4, 0.5) is 5.69 Å². The van der Waals surface area contributed by atoms with Crippen molar-refractivity contribution in [3.8, 4) is 11.5 Å². The molecule has 1 amide bonds. The number of ether oxygens (including phenoxy) is 2. The molecule has 2 aromatic rings. The van der Waals surface area contributed by atoms with Gasteiger partial charge in [0.15, 0.2) is 11.5 Å². The van der Waals surface area contributed by atoms with Crippen LogP contribution in [-0.4, -0.2) is 24.1 Å². The summed E-state index contributed by atoms with van der Waals surface area (Å²) in [6.45, 7) is 2.99. The maximum Gasteiger partial charge on any atom is 0.224 e. The van der Waals surface area contributed by atoms with Crippen LogP contribution in [0, 0.1) is 0 Å². The van der Waals surface area contributed by atoms with E-state index in [1.807, 2.05) is 31.2 Å². The van der Waals surface area contributed by atoms with Crippen LogP contribution in [0.1, 0.15) is 19.8 Å². The molecule has 1 aromatic carbocycles. The third kappa shape index (κ3) is 5.09. The molecule has 22 heavy (non-hydrogen) atoms. The minimum absolute atomic E-state index is 0.0344. The molecule has 5 heteroatoms. The Bertz CT molecular complexity index is 587. The summed E-state index contributed by atoms with van der Waals surface area (Å²) in [5.41, 5.74) is 0.752. The molecule has 116 valence electrons. The van der Waals surface area contributed by atoms with Gasteiger partial charge in [0.2, 0.25) is 5.91 Å². The fourth-order valence-corrected chi connectivity index (χ4v) is 1.92. The second-order valence-corrected chi connectivity index (χ2v) is 4.62. The molecule has 1 heterocycles. The van der Waals surface area contributed by atoms with E-state index < -0.39 is 0 Å². The summed E-state index contributed by atoms with van der Waals surface area (Å²) >= 11 is 0. The van der Waals surface area contributed by atoms with E-state index in [4.69, 9.17) is 9.47 Å². The van der Waals surface area contributed by atoms with Crippen molar-refractivity contribution in [3.05, 3.63) is 48.8 Å². The second-order valence-electron chi connectivity index (χ2n) is 4.62. The predicted octanol–water partition coefficient (Wildman–Crippen LogP) is 3.28. The third-order valence-corrected chi connectivity index (χ3v) is 2.92. The lowest BCUT2D eigenvalue weighted by molar-refractivity contribution is -0.116. The highest BCUT2D eigenvalue weighted by Crippen LogP contribution is 2.26. The Morgan fingerprint density at radius 3 is 2.45 bits per heavy atom. The number of rotatable bonds is 8. The Morgan fingerprint density at radius 2 is 1.77 bits per heavy atom. The van der Waals surface area contributed by atoms with Crippen molar-refractivity contribution in [1.82, 2.24) is 4.98 Å². The molecule has 0 bridgehead atoms. The molecule has 0 saturated heterocycles. The summed E-state index contributed by atoms with van der Waals surface area (Å²) in [5.74, 6) is 1.40. The zero-order valence-corrected chi connectivity index (χ0v) is 12.6. The Hall–Kier alpha value is -2.56. The highest BCUT2D eigenvalue weighted by atomic mass is 16.5. The number of hydrogen-bond acceptors (Lipinski definition) is 4. The smallest absolute Gasteiger partial charge is 0.224 e. The summed E-state index contributed by atoms with van der Waals surface area (Å²) in [5, 5.41) is 2.81. The van der Waals surface area contributed by atoms with Crippen LogP contribution < -0.4 is 14.8 Å². The van der Waals surface area contributed by atoms with Gasteiger partial charge in [0.25, 0.3) is 0 Å².